The zero-order valence-electron chi connectivity index (χ0n) is 12.5. The Morgan fingerprint density at radius 2 is 2.23 bits per heavy atom. The van der Waals surface area contributed by atoms with Gasteiger partial charge in [-0.1, -0.05) is 18.0 Å². The van der Waals surface area contributed by atoms with Gasteiger partial charge in [-0.3, -0.25) is 4.79 Å². The fourth-order valence-corrected chi connectivity index (χ4v) is 3.51. The van der Waals surface area contributed by atoms with E-state index in [-0.39, 0.29) is 17.7 Å². The van der Waals surface area contributed by atoms with Crippen molar-refractivity contribution in [3.63, 3.8) is 0 Å². The molecule has 22 heavy (non-hydrogen) atoms. The van der Waals surface area contributed by atoms with Crippen LogP contribution in [0, 0.1) is 12.8 Å². The van der Waals surface area contributed by atoms with Gasteiger partial charge in [0.1, 0.15) is 11.3 Å². The monoisotopic (exact) mass is 301 g/mol. The number of amides is 1. The standard InChI is InChI=1S/C16H19N3O3/c1-10-17-15(19-22-10)16(6-2-3-7-16)18-14(20)12-9-11(12)13-5-4-8-21-13/h4-5,8,11-12H,2-3,6-7,9H2,1H3,(H,18,20)/t11-,12-/m0/s1. The van der Waals surface area contributed by atoms with Crippen molar-refractivity contribution in [2.24, 2.45) is 5.92 Å². The lowest BCUT2D eigenvalue weighted by Gasteiger charge is -2.26. The van der Waals surface area contributed by atoms with E-state index in [1.54, 1.807) is 13.2 Å². The van der Waals surface area contributed by atoms with Gasteiger partial charge in [-0.05, 0) is 31.4 Å². The number of nitrogens with zero attached hydrogens (tertiary/aromatic N) is 2. The van der Waals surface area contributed by atoms with Gasteiger partial charge in [0.2, 0.25) is 11.8 Å². The minimum absolute atomic E-state index is 0.00313. The van der Waals surface area contributed by atoms with Crippen LogP contribution in [0.25, 0.3) is 0 Å². The minimum atomic E-state index is -0.453. The van der Waals surface area contributed by atoms with Crippen LogP contribution in [0.3, 0.4) is 0 Å². The molecule has 1 N–H and O–H groups in total. The van der Waals surface area contributed by atoms with Gasteiger partial charge in [0.25, 0.3) is 0 Å². The van der Waals surface area contributed by atoms with E-state index >= 15 is 0 Å². The third-order valence-electron chi connectivity index (χ3n) is 4.81. The Morgan fingerprint density at radius 1 is 1.41 bits per heavy atom. The molecular formula is C16H19N3O3. The maximum Gasteiger partial charge on any atom is 0.224 e. The molecule has 0 bridgehead atoms. The molecule has 2 fully saturated rings. The summed E-state index contributed by atoms with van der Waals surface area (Å²) in [5, 5.41) is 7.26. The van der Waals surface area contributed by atoms with E-state index in [1.807, 2.05) is 12.1 Å². The molecule has 4 rings (SSSR count). The summed E-state index contributed by atoms with van der Waals surface area (Å²) in [7, 11) is 0. The normalized spacial score (nSPS) is 26.0. The molecule has 2 atom stereocenters. The summed E-state index contributed by atoms with van der Waals surface area (Å²) in [5.74, 6) is 2.33. The fraction of sp³-hybridized carbons (Fsp3) is 0.562. The Balaban J connectivity index is 1.50. The topological polar surface area (TPSA) is 81.2 Å². The van der Waals surface area contributed by atoms with E-state index in [2.05, 4.69) is 15.5 Å². The highest BCUT2D eigenvalue weighted by atomic mass is 16.5. The number of aromatic nitrogens is 2. The Hall–Kier alpha value is -2.11. The molecule has 6 heteroatoms. The summed E-state index contributed by atoms with van der Waals surface area (Å²) in [6, 6.07) is 3.80. The molecule has 116 valence electrons. The molecule has 0 aromatic carbocycles. The predicted molar refractivity (Wildman–Crippen MR) is 76.9 cm³/mol. The van der Waals surface area contributed by atoms with Gasteiger partial charge < -0.3 is 14.3 Å². The number of furan rings is 1. The van der Waals surface area contributed by atoms with Crippen molar-refractivity contribution >= 4 is 5.91 Å². The van der Waals surface area contributed by atoms with Gasteiger partial charge in [-0.15, -0.1) is 0 Å². The molecule has 0 radical (unpaired) electrons. The molecule has 0 spiro atoms. The molecule has 2 aromatic heterocycles. The largest absolute Gasteiger partial charge is 0.469 e. The second-order valence-electron chi connectivity index (χ2n) is 6.38. The highest BCUT2D eigenvalue weighted by Gasteiger charge is 2.49. The van der Waals surface area contributed by atoms with E-state index in [9.17, 15) is 4.79 Å². The number of hydrogen-bond donors (Lipinski definition) is 1. The van der Waals surface area contributed by atoms with Crippen molar-refractivity contribution in [2.45, 2.75) is 50.5 Å². The van der Waals surface area contributed by atoms with Crippen molar-refractivity contribution in [1.29, 1.82) is 0 Å². The number of nitrogens with one attached hydrogen (secondary N) is 1. The minimum Gasteiger partial charge on any atom is -0.469 e. The molecule has 6 nitrogen and oxygen atoms in total. The SMILES string of the molecule is Cc1nc(C2(NC(=O)[C@H]3C[C@@H]3c3ccco3)CCCC2)no1. The highest BCUT2D eigenvalue weighted by Crippen LogP contribution is 2.49. The van der Waals surface area contributed by atoms with E-state index in [4.69, 9.17) is 8.94 Å². The van der Waals surface area contributed by atoms with Gasteiger partial charge in [-0.2, -0.15) is 4.98 Å². The Labute approximate surface area is 128 Å². The molecule has 2 heterocycles. The maximum absolute atomic E-state index is 12.6. The zero-order chi connectivity index (χ0) is 15.2. The third-order valence-corrected chi connectivity index (χ3v) is 4.81. The van der Waals surface area contributed by atoms with Crippen LogP contribution in [0.15, 0.2) is 27.3 Å². The molecule has 0 aliphatic heterocycles. The lowest BCUT2D eigenvalue weighted by molar-refractivity contribution is -0.124. The average Bonchev–Trinajstić information content (AvgIpc) is 2.96. The van der Waals surface area contributed by atoms with Crippen LogP contribution in [-0.2, 0) is 10.3 Å². The first-order chi connectivity index (χ1) is 10.7. The van der Waals surface area contributed by atoms with Gasteiger partial charge in [0.15, 0.2) is 5.82 Å². The predicted octanol–water partition coefficient (Wildman–Crippen LogP) is 2.66. The summed E-state index contributed by atoms with van der Waals surface area (Å²) in [5.41, 5.74) is -0.453. The molecule has 2 saturated carbocycles. The summed E-state index contributed by atoms with van der Waals surface area (Å²) in [6.07, 6.45) is 6.38. The molecule has 0 unspecified atom stereocenters. The van der Waals surface area contributed by atoms with Gasteiger partial charge >= 0.3 is 0 Å². The van der Waals surface area contributed by atoms with Crippen LogP contribution in [-0.4, -0.2) is 16.0 Å². The van der Waals surface area contributed by atoms with Gasteiger partial charge in [-0.25, -0.2) is 0 Å². The first kappa shape index (κ1) is 13.5. The van der Waals surface area contributed by atoms with Crippen molar-refractivity contribution < 1.29 is 13.7 Å². The fourth-order valence-electron chi connectivity index (χ4n) is 3.51. The Kier molecular flexibility index (Phi) is 3.06. The number of hydrogen-bond acceptors (Lipinski definition) is 5. The zero-order valence-corrected chi connectivity index (χ0v) is 12.5. The van der Waals surface area contributed by atoms with Crippen LogP contribution in [0.5, 0.6) is 0 Å². The van der Waals surface area contributed by atoms with Gasteiger partial charge in [0.05, 0.1) is 6.26 Å². The summed E-state index contributed by atoms with van der Waals surface area (Å²) in [6.45, 7) is 1.77. The van der Waals surface area contributed by atoms with Crippen LogP contribution >= 0.6 is 0 Å². The lowest BCUT2D eigenvalue weighted by Crippen LogP contribution is -2.45. The molecule has 0 saturated heterocycles. The summed E-state index contributed by atoms with van der Waals surface area (Å²) in [4.78, 5) is 17.0. The first-order valence-corrected chi connectivity index (χ1v) is 7.84. The van der Waals surface area contributed by atoms with Crippen LogP contribution in [0.2, 0.25) is 0 Å². The van der Waals surface area contributed by atoms with Crippen molar-refractivity contribution in [3.8, 4) is 0 Å². The van der Waals surface area contributed by atoms with Crippen LogP contribution in [0.4, 0.5) is 0 Å². The van der Waals surface area contributed by atoms with E-state index < -0.39 is 5.54 Å². The van der Waals surface area contributed by atoms with Crippen LogP contribution in [0.1, 0.15) is 55.5 Å². The second-order valence-corrected chi connectivity index (χ2v) is 6.38. The number of carbonyl (C=O) groups is 1. The molecular weight excluding hydrogens is 282 g/mol. The van der Waals surface area contributed by atoms with Gasteiger partial charge in [0, 0.05) is 18.8 Å². The quantitative estimate of drug-likeness (QED) is 0.939. The van der Waals surface area contributed by atoms with E-state index in [1.165, 1.54) is 0 Å². The first-order valence-electron chi connectivity index (χ1n) is 7.84. The summed E-state index contributed by atoms with van der Waals surface area (Å²) < 4.78 is 10.5. The molecule has 2 aliphatic rings. The highest BCUT2D eigenvalue weighted by molar-refractivity contribution is 5.83. The van der Waals surface area contributed by atoms with E-state index in [0.29, 0.717) is 11.7 Å². The third kappa shape index (κ3) is 2.23. The molecule has 1 amide bonds. The number of carbonyl (C=O) groups excluding carboxylic acids is 1. The molecule has 2 aromatic rings. The Bertz CT molecular complexity index is 671. The average molecular weight is 301 g/mol. The molecule has 2 aliphatic carbocycles. The van der Waals surface area contributed by atoms with Crippen molar-refractivity contribution in [3.05, 3.63) is 35.9 Å². The Morgan fingerprint density at radius 3 is 2.86 bits per heavy atom. The summed E-state index contributed by atoms with van der Waals surface area (Å²) >= 11 is 0. The second kappa shape index (κ2) is 4.97. The lowest BCUT2D eigenvalue weighted by atomic mass is 9.96. The van der Waals surface area contributed by atoms with Crippen molar-refractivity contribution in [2.75, 3.05) is 0 Å². The number of aryl methyl sites for hydroxylation is 1. The maximum atomic E-state index is 12.6. The smallest absolute Gasteiger partial charge is 0.224 e. The number of rotatable bonds is 4. The van der Waals surface area contributed by atoms with Crippen molar-refractivity contribution in [1.82, 2.24) is 15.5 Å². The van der Waals surface area contributed by atoms with E-state index in [0.717, 1.165) is 37.9 Å². The van der Waals surface area contributed by atoms with Crippen LogP contribution < -0.4 is 5.32 Å².